The van der Waals surface area contributed by atoms with Crippen molar-refractivity contribution in [1.82, 2.24) is 14.7 Å². The molecule has 1 fully saturated rings. The van der Waals surface area contributed by atoms with Gasteiger partial charge in [-0.05, 0) is 37.1 Å². The molecule has 1 heterocycles. The van der Waals surface area contributed by atoms with Crippen LogP contribution in [0.25, 0.3) is 5.69 Å². The Morgan fingerprint density at radius 1 is 1.42 bits per heavy atom. The van der Waals surface area contributed by atoms with Crippen molar-refractivity contribution >= 4 is 11.6 Å². The number of amides is 1. The Morgan fingerprint density at radius 3 is 2.89 bits per heavy atom. The van der Waals surface area contributed by atoms with Gasteiger partial charge < -0.3 is 10.6 Å². The van der Waals surface area contributed by atoms with Gasteiger partial charge in [-0.25, -0.2) is 4.68 Å². The Bertz CT molecular complexity index is 615. The number of nitrogens with two attached hydrogens (primary N) is 1. The molecule has 5 heteroatoms. The summed E-state index contributed by atoms with van der Waals surface area (Å²) in [6, 6.07) is 9.55. The van der Waals surface area contributed by atoms with E-state index in [9.17, 15) is 4.79 Å². The van der Waals surface area contributed by atoms with Gasteiger partial charge in [0.25, 0.3) is 5.91 Å². The van der Waals surface area contributed by atoms with Crippen LogP contribution in [-0.2, 0) is 0 Å². The van der Waals surface area contributed by atoms with Crippen LogP contribution in [0.15, 0.2) is 36.5 Å². The van der Waals surface area contributed by atoms with Crippen molar-refractivity contribution in [1.29, 1.82) is 0 Å². The van der Waals surface area contributed by atoms with E-state index in [2.05, 4.69) is 5.10 Å². The van der Waals surface area contributed by atoms with Crippen molar-refractivity contribution in [2.75, 3.05) is 12.8 Å². The normalized spacial score (nSPS) is 14.4. The molecule has 19 heavy (non-hydrogen) atoms. The number of nitrogen functional groups attached to an aromatic ring is 1. The van der Waals surface area contributed by atoms with E-state index in [1.807, 2.05) is 31.3 Å². The third-order valence-electron chi connectivity index (χ3n) is 3.36. The topological polar surface area (TPSA) is 64.2 Å². The second-order valence-corrected chi connectivity index (χ2v) is 4.89. The lowest BCUT2D eigenvalue weighted by atomic mass is 10.3. The van der Waals surface area contributed by atoms with E-state index in [1.54, 1.807) is 21.8 Å². The molecule has 5 nitrogen and oxygen atoms in total. The van der Waals surface area contributed by atoms with Crippen LogP contribution in [0.1, 0.15) is 23.3 Å². The second kappa shape index (κ2) is 4.42. The molecule has 0 aliphatic heterocycles. The number of rotatable bonds is 3. The summed E-state index contributed by atoms with van der Waals surface area (Å²) < 4.78 is 1.67. The van der Waals surface area contributed by atoms with Crippen molar-refractivity contribution in [3.63, 3.8) is 0 Å². The van der Waals surface area contributed by atoms with Crippen LogP contribution in [0.3, 0.4) is 0 Å². The first-order valence-corrected chi connectivity index (χ1v) is 6.34. The van der Waals surface area contributed by atoms with Crippen LogP contribution in [0.4, 0.5) is 5.69 Å². The molecule has 1 aliphatic rings. The van der Waals surface area contributed by atoms with Crippen molar-refractivity contribution in [3.8, 4) is 5.69 Å². The molecule has 0 atom stereocenters. The molecule has 2 N–H and O–H groups in total. The summed E-state index contributed by atoms with van der Waals surface area (Å²) in [7, 11) is 1.83. The average molecular weight is 256 g/mol. The fraction of sp³-hybridized carbons (Fsp3) is 0.286. The molecular formula is C14H16N4O. The van der Waals surface area contributed by atoms with Gasteiger partial charge in [-0.1, -0.05) is 6.07 Å². The van der Waals surface area contributed by atoms with Gasteiger partial charge in [-0.15, -0.1) is 0 Å². The summed E-state index contributed by atoms with van der Waals surface area (Å²) in [4.78, 5) is 13.9. The zero-order chi connectivity index (χ0) is 13.4. The van der Waals surface area contributed by atoms with Gasteiger partial charge in [-0.3, -0.25) is 4.79 Å². The maximum Gasteiger partial charge on any atom is 0.274 e. The quantitative estimate of drug-likeness (QED) is 0.850. The first-order chi connectivity index (χ1) is 9.15. The second-order valence-electron chi connectivity index (χ2n) is 4.89. The highest BCUT2D eigenvalue weighted by molar-refractivity contribution is 5.92. The van der Waals surface area contributed by atoms with Gasteiger partial charge >= 0.3 is 0 Å². The summed E-state index contributed by atoms with van der Waals surface area (Å²) in [6.07, 6.45) is 3.97. The predicted octanol–water partition coefficient (Wildman–Crippen LogP) is 1.69. The summed E-state index contributed by atoms with van der Waals surface area (Å²) in [5, 5.41) is 4.32. The van der Waals surface area contributed by atoms with Crippen molar-refractivity contribution in [2.45, 2.75) is 18.9 Å². The van der Waals surface area contributed by atoms with Crippen LogP contribution >= 0.6 is 0 Å². The van der Waals surface area contributed by atoms with Gasteiger partial charge in [-0.2, -0.15) is 5.10 Å². The van der Waals surface area contributed by atoms with E-state index >= 15 is 0 Å². The zero-order valence-corrected chi connectivity index (χ0v) is 10.8. The van der Waals surface area contributed by atoms with E-state index in [4.69, 9.17) is 5.73 Å². The number of nitrogens with zero attached hydrogens (tertiary/aromatic N) is 3. The minimum atomic E-state index is -0.0230. The summed E-state index contributed by atoms with van der Waals surface area (Å²) in [6.45, 7) is 0. The molecule has 1 aliphatic carbocycles. The molecule has 0 radical (unpaired) electrons. The zero-order valence-electron chi connectivity index (χ0n) is 10.8. The first kappa shape index (κ1) is 11.8. The molecule has 1 saturated carbocycles. The van der Waals surface area contributed by atoms with Crippen LogP contribution in [-0.4, -0.2) is 33.7 Å². The molecule has 1 amide bonds. The van der Waals surface area contributed by atoms with Crippen LogP contribution in [0.5, 0.6) is 0 Å². The van der Waals surface area contributed by atoms with Crippen LogP contribution in [0.2, 0.25) is 0 Å². The number of carbonyl (C=O) groups excluding carboxylic acids is 1. The van der Waals surface area contributed by atoms with E-state index < -0.39 is 0 Å². The minimum Gasteiger partial charge on any atom is -0.399 e. The Balaban J connectivity index is 1.84. The third kappa shape index (κ3) is 2.31. The molecule has 0 unspecified atom stereocenters. The van der Waals surface area contributed by atoms with Gasteiger partial charge in [0, 0.05) is 25.0 Å². The molecule has 1 aromatic heterocycles. The highest BCUT2D eigenvalue weighted by atomic mass is 16.2. The standard InChI is InChI=1S/C14H16N4O/c1-17(11-5-6-11)14(19)13-7-8-18(16-13)12-4-2-3-10(15)9-12/h2-4,7-9,11H,5-6,15H2,1H3. The Hall–Kier alpha value is -2.30. The molecule has 0 spiro atoms. The van der Waals surface area contributed by atoms with Gasteiger partial charge in [0.1, 0.15) is 0 Å². The highest BCUT2D eigenvalue weighted by Crippen LogP contribution is 2.26. The summed E-state index contributed by atoms with van der Waals surface area (Å²) in [5.74, 6) is -0.0230. The van der Waals surface area contributed by atoms with E-state index in [-0.39, 0.29) is 5.91 Å². The molecule has 2 aromatic rings. The Morgan fingerprint density at radius 2 is 2.21 bits per heavy atom. The molecule has 98 valence electrons. The molecule has 0 saturated heterocycles. The number of anilines is 1. The van der Waals surface area contributed by atoms with Crippen LogP contribution in [0, 0.1) is 0 Å². The predicted molar refractivity (Wildman–Crippen MR) is 73.1 cm³/mol. The SMILES string of the molecule is CN(C(=O)c1ccn(-c2cccc(N)c2)n1)C1CC1. The van der Waals surface area contributed by atoms with Crippen molar-refractivity contribution < 1.29 is 4.79 Å². The van der Waals surface area contributed by atoms with E-state index in [0.717, 1.165) is 18.5 Å². The Kier molecular flexibility index (Phi) is 2.74. The van der Waals surface area contributed by atoms with Crippen molar-refractivity contribution in [3.05, 3.63) is 42.2 Å². The third-order valence-corrected chi connectivity index (χ3v) is 3.36. The van der Waals surface area contributed by atoms with Crippen LogP contribution < -0.4 is 5.73 Å². The number of hydrogen-bond acceptors (Lipinski definition) is 3. The number of carbonyl (C=O) groups is 1. The van der Waals surface area contributed by atoms with Gasteiger partial charge in [0.15, 0.2) is 5.69 Å². The molecule has 1 aromatic carbocycles. The lowest BCUT2D eigenvalue weighted by molar-refractivity contribution is 0.0779. The minimum absolute atomic E-state index is 0.0230. The van der Waals surface area contributed by atoms with Crippen molar-refractivity contribution in [2.24, 2.45) is 0 Å². The monoisotopic (exact) mass is 256 g/mol. The fourth-order valence-electron chi connectivity index (χ4n) is 2.06. The first-order valence-electron chi connectivity index (χ1n) is 6.34. The lowest BCUT2D eigenvalue weighted by Gasteiger charge is -2.14. The number of benzene rings is 1. The fourth-order valence-corrected chi connectivity index (χ4v) is 2.06. The maximum atomic E-state index is 12.2. The molecular weight excluding hydrogens is 240 g/mol. The van der Waals surface area contributed by atoms with Gasteiger partial charge in [0.05, 0.1) is 5.69 Å². The lowest BCUT2D eigenvalue weighted by Crippen LogP contribution is -2.29. The molecule has 3 rings (SSSR count). The smallest absolute Gasteiger partial charge is 0.274 e. The largest absolute Gasteiger partial charge is 0.399 e. The highest BCUT2D eigenvalue weighted by Gasteiger charge is 2.30. The van der Waals surface area contributed by atoms with E-state index in [0.29, 0.717) is 17.4 Å². The summed E-state index contributed by atoms with van der Waals surface area (Å²) in [5.41, 5.74) is 7.74. The number of hydrogen-bond donors (Lipinski definition) is 1. The average Bonchev–Trinajstić information content (AvgIpc) is 3.14. The summed E-state index contributed by atoms with van der Waals surface area (Å²) >= 11 is 0. The van der Waals surface area contributed by atoms with E-state index in [1.165, 1.54) is 0 Å². The molecule has 0 bridgehead atoms. The number of aromatic nitrogens is 2. The van der Waals surface area contributed by atoms with Gasteiger partial charge in [0.2, 0.25) is 0 Å². The Labute approximate surface area is 111 Å². The maximum absolute atomic E-state index is 12.2.